The molecule has 0 aliphatic rings. The highest BCUT2D eigenvalue weighted by Crippen LogP contribution is 2.25. The summed E-state index contributed by atoms with van der Waals surface area (Å²) >= 11 is 1.14. The first kappa shape index (κ1) is 18.6. The van der Waals surface area contributed by atoms with Crippen LogP contribution in [-0.2, 0) is 4.79 Å². The van der Waals surface area contributed by atoms with Gasteiger partial charge in [-0.3, -0.25) is 19.7 Å². The predicted molar refractivity (Wildman–Crippen MR) is 99.3 cm³/mol. The summed E-state index contributed by atoms with van der Waals surface area (Å²) in [5.74, 6) is -0.0921. The number of nitro benzene ring substituents is 1. The number of rotatable bonds is 4. The summed E-state index contributed by atoms with van der Waals surface area (Å²) in [5, 5.41) is 13.9. The lowest BCUT2D eigenvalue weighted by Crippen LogP contribution is -2.22. The molecule has 1 aromatic heterocycles. The van der Waals surface area contributed by atoms with Crippen molar-refractivity contribution in [1.82, 2.24) is 4.98 Å². The number of nitrogens with one attached hydrogen (secondary N) is 2. The second-order valence-electron chi connectivity index (χ2n) is 6.47. The fraction of sp³-hybridized carbons (Fsp3) is 0.294. The first-order valence-electron chi connectivity index (χ1n) is 7.55. The molecule has 0 saturated carbocycles. The fourth-order valence-corrected chi connectivity index (χ4v) is 2.90. The van der Waals surface area contributed by atoms with Crippen molar-refractivity contribution in [2.45, 2.75) is 20.8 Å². The molecule has 7 nitrogen and oxygen atoms in total. The molecule has 2 rings (SSSR count). The molecule has 0 atom stereocenters. The van der Waals surface area contributed by atoms with Crippen LogP contribution >= 0.6 is 11.3 Å². The van der Waals surface area contributed by atoms with Crippen LogP contribution in [0, 0.1) is 15.5 Å². The van der Waals surface area contributed by atoms with Crippen molar-refractivity contribution in [1.29, 1.82) is 0 Å². The molecule has 0 aliphatic carbocycles. The standard InChI is InChI=1S/C17H19N3O4S/c1-17(2,3)14(21)9-15-19-16(22)13(25-15)8-10-5-6-11(18-4)12(7-10)20(23)24/h5-9,18H,1-4H3,(H,19,22)/b13-8-,15-9-. The van der Waals surface area contributed by atoms with Crippen LogP contribution in [0.5, 0.6) is 0 Å². The van der Waals surface area contributed by atoms with Crippen LogP contribution in [0.3, 0.4) is 0 Å². The first-order chi connectivity index (χ1) is 11.6. The Morgan fingerprint density at radius 1 is 1.36 bits per heavy atom. The van der Waals surface area contributed by atoms with Crippen molar-refractivity contribution in [2.24, 2.45) is 5.41 Å². The predicted octanol–water partition coefficient (Wildman–Crippen LogP) is 1.61. The van der Waals surface area contributed by atoms with Crippen molar-refractivity contribution >= 4 is 40.6 Å². The Morgan fingerprint density at radius 2 is 2.04 bits per heavy atom. The SMILES string of the molecule is CNc1ccc(/C=c2\s/c(=C\C(=O)C(C)(C)C)[nH]c2=O)cc1[N+](=O)[O-]. The Kier molecular flexibility index (Phi) is 5.22. The molecule has 132 valence electrons. The summed E-state index contributed by atoms with van der Waals surface area (Å²) in [7, 11) is 1.60. The van der Waals surface area contributed by atoms with Gasteiger partial charge in [0.1, 0.15) is 5.69 Å². The number of aromatic nitrogens is 1. The van der Waals surface area contributed by atoms with Crippen LogP contribution in [0.15, 0.2) is 23.0 Å². The number of thiazole rings is 1. The summed E-state index contributed by atoms with van der Waals surface area (Å²) in [4.78, 5) is 37.4. The van der Waals surface area contributed by atoms with E-state index >= 15 is 0 Å². The van der Waals surface area contributed by atoms with Gasteiger partial charge in [0.05, 0.1) is 14.1 Å². The van der Waals surface area contributed by atoms with Crippen molar-refractivity contribution in [3.63, 3.8) is 0 Å². The first-order valence-corrected chi connectivity index (χ1v) is 8.36. The number of Topliss-reactive ketones (excluding diaryl/α,β-unsaturated/α-hetero) is 1. The van der Waals surface area contributed by atoms with Crippen LogP contribution < -0.4 is 20.1 Å². The number of hydrogen-bond acceptors (Lipinski definition) is 6. The Labute approximate surface area is 147 Å². The Bertz CT molecular complexity index is 996. The van der Waals surface area contributed by atoms with Gasteiger partial charge in [0.2, 0.25) is 0 Å². The van der Waals surface area contributed by atoms with Gasteiger partial charge in [0.15, 0.2) is 5.78 Å². The summed E-state index contributed by atoms with van der Waals surface area (Å²) in [6.07, 6.45) is 2.98. The van der Waals surface area contributed by atoms with E-state index in [0.29, 0.717) is 20.4 Å². The van der Waals surface area contributed by atoms with Crippen molar-refractivity contribution in [2.75, 3.05) is 12.4 Å². The zero-order valence-corrected chi connectivity index (χ0v) is 15.2. The second kappa shape index (κ2) is 7.02. The Balaban J connectivity index is 2.52. The molecule has 2 aromatic rings. The van der Waals surface area contributed by atoms with E-state index in [2.05, 4.69) is 10.3 Å². The Hall–Kier alpha value is -2.74. The number of anilines is 1. The van der Waals surface area contributed by atoms with E-state index in [1.807, 2.05) is 0 Å². The minimum Gasteiger partial charge on any atom is -0.383 e. The van der Waals surface area contributed by atoms with Gasteiger partial charge in [-0.05, 0) is 17.7 Å². The smallest absolute Gasteiger partial charge is 0.292 e. The molecule has 8 heteroatoms. The quantitative estimate of drug-likeness (QED) is 0.636. The average molecular weight is 361 g/mol. The zero-order valence-electron chi connectivity index (χ0n) is 14.4. The van der Waals surface area contributed by atoms with E-state index in [4.69, 9.17) is 0 Å². The number of nitrogens with zero attached hydrogens (tertiary/aromatic N) is 1. The van der Waals surface area contributed by atoms with Crippen molar-refractivity contribution in [3.8, 4) is 0 Å². The normalized spacial score (nSPS) is 13.1. The molecule has 2 N–H and O–H groups in total. The summed E-state index contributed by atoms with van der Waals surface area (Å²) in [6, 6.07) is 4.66. The number of nitro groups is 1. The number of carbonyl (C=O) groups is 1. The molecule has 0 bridgehead atoms. The summed E-state index contributed by atoms with van der Waals surface area (Å²) < 4.78 is 0.831. The van der Waals surface area contributed by atoms with Gasteiger partial charge in [-0.25, -0.2) is 0 Å². The van der Waals surface area contributed by atoms with E-state index in [1.54, 1.807) is 46.0 Å². The number of benzene rings is 1. The number of carbonyl (C=O) groups excluding carboxylic acids is 1. The van der Waals surface area contributed by atoms with Gasteiger partial charge in [-0.2, -0.15) is 0 Å². The van der Waals surface area contributed by atoms with Crippen LogP contribution in [0.25, 0.3) is 12.2 Å². The number of ketones is 1. The van der Waals surface area contributed by atoms with Crippen LogP contribution in [-0.4, -0.2) is 22.7 Å². The molecule has 0 unspecified atom stereocenters. The number of aromatic amines is 1. The molecule has 0 radical (unpaired) electrons. The maximum atomic E-state index is 12.1. The van der Waals surface area contributed by atoms with Crippen LogP contribution in [0.1, 0.15) is 26.3 Å². The van der Waals surface area contributed by atoms with E-state index in [1.165, 1.54) is 12.1 Å². The number of hydrogen-bond donors (Lipinski definition) is 2. The van der Waals surface area contributed by atoms with Crippen molar-refractivity contribution < 1.29 is 9.72 Å². The molecule has 1 heterocycles. The lowest BCUT2D eigenvalue weighted by molar-refractivity contribution is -0.384. The molecule has 0 fully saturated rings. The molecule has 0 amide bonds. The Morgan fingerprint density at radius 3 is 2.60 bits per heavy atom. The molecular weight excluding hydrogens is 342 g/mol. The summed E-state index contributed by atoms with van der Waals surface area (Å²) in [6.45, 7) is 5.40. The highest BCUT2D eigenvalue weighted by atomic mass is 32.1. The van der Waals surface area contributed by atoms with E-state index < -0.39 is 10.3 Å². The average Bonchev–Trinajstić information content (AvgIpc) is 2.85. The van der Waals surface area contributed by atoms with Gasteiger partial charge >= 0.3 is 0 Å². The van der Waals surface area contributed by atoms with Gasteiger partial charge in [0, 0.05) is 24.6 Å². The highest BCUT2D eigenvalue weighted by molar-refractivity contribution is 7.07. The molecule has 25 heavy (non-hydrogen) atoms. The van der Waals surface area contributed by atoms with Gasteiger partial charge in [-0.15, -0.1) is 11.3 Å². The highest BCUT2D eigenvalue weighted by Gasteiger charge is 2.18. The fourth-order valence-electron chi connectivity index (χ4n) is 2.01. The van der Waals surface area contributed by atoms with Gasteiger partial charge < -0.3 is 10.3 Å². The minimum absolute atomic E-state index is 0.0704. The zero-order chi connectivity index (χ0) is 18.8. The third-order valence-electron chi connectivity index (χ3n) is 3.47. The molecular formula is C17H19N3O4S. The maximum absolute atomic E-state index is 12.1. The number of H-pyrrole nitrogens is 1. The van der Waals surface area contributed by atoms with E-state index in [0.717, 1.165) is 11.3 Å². The van der Waals surface area contributed by atoms with Crippen molar-refractivity contribution in [3.05, 3.63) is 53.4 Å². The molecule has 0 spiro atoms. The maximum Gasteiger partial charge on any atom is 0.292 e. The van der Waals surface area contributed by atoms with Gasteiger partial charge in [-0.1, -0.05) is 26.8 Å². The van der Waals surface area contributed by atoms with Crippen LogP contribution in [0.2, 0.25) is 0 Å². The summed E-state index contributed by atoms with van der Waals surface area (Å²) in [5.41, 5.74) is -0.00929. The molecule has 0 aliphatic heterocycles. The molecule has 1 aromatic carbocycles. The lowest BCUT2D eigenvalue weighted by Gasteiger charge is -2.12. The lowest BCUT2D eigenvalue weighted by atomic mass is 9.91. The minimum atomic E-state index is -0.533. The third kappa shape index (κ3) is 4.42. The topological polar surface area (TPSA) is 105 Å². The largest absolute Gasteiger partial charge is 0.383 e. The second-order valence-corrected chi connectivity index (χ2v) is 7.56. The van der Waals surface area contributed by atoms with E-state index in [-0.39, 0.29) is 17.0 Å². The van der Waals surface area contributed by atoms with Gasteiger partial charge in [0.25, 0.3) is 11.2 Å². The van der Waals surface area contributed by atoms with Crippen LogP contribution in [0.4, 0.5) is 11.4 Å². The third-order valence-corrected chi connectivity index (χ3v) is 4.43. The molecule has 0 saturated heterocycles. The van der Waals surface area contributed by atoms with E-state index in [9.17, 15) is 19.7 Å². The monoisotopic (exact) mass is 361 g/mol.